The van der Waals surface area contributed by atoms with Crippen molar-refractivity contribution in [2.24, 2.45) is 11.7 Å². The van der Waals surface area contributed by atoms with E-state index in [0.717, 1.165) is 28.8 Å². The molecule has 86 valence electrons. The van der Waals surface area contributed by atoms with Crippen LogP contribution < -0.4 is 5.73 Å². The van der Waals surface area contributed by atoms with E-state index in [2.05, 4.69) is 24.2 Å². The monoisotopic (exact) mass is 244 g/mol. The van der Waals surface area contributed by atoms with Crippen LogP contribution in [-0.4, -0.2) is 22.5 Å². The summed E-state index contributed by atoms with van der Waals surface area (Å²) in [7, 11) is 0. The predicted molar refractivity (Wildman–Crippen MR) is 70.7 cm³/mol. The van der Waals surface area contributed by atoms with Crippen LogP contribution in [0.25, 0.3) is 0 Å². The molecule has 1 atom stereocenters. The second-order valence-corrected chi connectivity index (χ2v) is 6.39. The van der Waals surface area contributed by atoms with E-state index in [1.54, 1.807) is 11.3 Å². The van der Waals surface area contributed by atoms with Crippen molar-refractivity contribution in [2.75, 3.05) is 11.5 Å². The molecule has 0 aliphatic heterocycles. The molecule has 0 aliphatic carbocycles. The van der Waals surface area contributed by atoms with Gasteiger partial charge in [-0.25, -0.2) is 4.98 Å². The third kappa shape index (κ3) is 5.54. The van der Waals surface area contributed by atoms with Crippen molar-refractivity contribution in [1.82, 2.24) is 4.98 Å². The van der Waals surface area contributed by atoms with E-state index in [9.17, 15) is 0 Å². The number of thiazole rings is 1. The van der Waals surface area contributed by atoms with Crippen LogP contribution in [0, 0.1) is 12.8 Å². The third-order valence-corrected chi connectivity index (χ3v) is 4.31. The first-order valence-electron chi connectivity index (χ1n) is 5.32. The average molecular weight is 244 g/mol. The fraction of sp³-hybridized carbons (Fsp3) is 0.727. The fourth-order valence-electron chi connectivity index (χ4n) is 1.28. The topological polar surface area (TPSA) is 38.9 Å². The van der Waals surface area contributed by atoms with Gasteiger partial charge in [-0.05, 0) is 18.6 Å². The molecule has 0 saturated heterocycles. The van der Waals surface area contributed by atoms with Gasteiger partial charge in [-0.2, -0.15) is 11.8 Å². The number of nitrogens with zero attached hydrogens (tertiary/aromatic N) is 1. The van der Waals surface area contributed by atoms with Crippen LogP contribution in [0.2, 0.25) is 0 Å². The molecular weight excluding hydrogens is 224 g/mol. The molecule has 1 unspecified atom stereocenters. The van der Waals surface area contributed by atoms with Gasteiger partial charge in [0.25, 0.3) is 0 Å². The molecule has 0 radical (unpaired) electrons. The van der Waals surface area contributed by atoms with Gasteiger partial charge in [0, 0.05) is 23.6 Å². The smallest absolute Gasteiger partial charge is 0.0897 e. The minimum absolute atomic E-state index is 0.246. The second kappa shape index (κ2) is 6.51. The molecule has 2 N–H and O–H groups in total. The highest BCUT2D eigenvalue weighted by Gasteiger charge is 2.07. The van der Waals surface area contributed by atoms with Crippen LogP contribution in [0.4, 0.5) is 0 Å². The van der Waals surface area contributed by atoms with Crippen molar-refractivity contribution in [3.8, 4) is 0 Å². The van der Waals surface area contributed by atoms with Crippen molar-refractivity contribution in [3.05, 3.63) is 16.1 Å². The highest BCUT2D eigenvalue weighted by atomic mass is 32.2. The van der Waals surface area contributed by atoms with E-state index < -0.39 is 0 Å². The Hall–Kier alpha value is -0.0600. The number of hydrogen-bond donors (Lipinski definition) is 1. The lowest BCUT2D eigenvalue weighted by molar-refractivity contribution is 0.723. The van der Waals surface area contributed by atoms with Gasteiger partial charge in [-0.15, -0.1) is 11.3 Å². The van der Waals surface area contributed by atoms with Gasteiger partial charge in [0.15, 0.2) is 0 Å². The molecule has 1 heterocycles. The second-order valence-electron chi connectivity index (χ2n) is 4.25. The Kier molecular flexibility index (Phi) is 5.64. The van der Waals surface area contributed by atoms with Crippen LogP contribution in [0.1, 0.15) is 24.5 Å². The Labute approximate surface area is 101 Å². The van der Waals surface area contributed by atoms with E-state index in [-0.39, 0.29) is 6.04 Å². The Balaban J connectivity index is 2.21. The first-order valence-corrected chi connectivity index (χ1v) is 7.35. The first kappa shape index (κ1) is 13.0. The molecule has 0 fully saturated rings. The normalized spacial score (nSPS) is 13.4. The Bertz CT molecular complexity index is 284. The maximum absolute atomic E-state index is 6.04. The zero-order chi connectivity index (χ0) is 11.3. The molecule has 1 aromatic rings. The van der Waals surface area contributed by atoms with E-state index >= 15 is 0 Å². The quantitative estimate of drug-likeness (QED) is 0.836. The summed E-state index contributed by atoms with van der Waals surface area (Å²) >= 11 is 3.65. The SMILES string of the molecule is Cc1nc(CC(N)CSCC(C)C)cs1. The summed E-state index contributed by atoms with van der Waals surface area (Å²) in [6.45, 7) is 6.51. The lowest BCUT2D eigenvalue weighted by Gasteiger charge is -2.10. The fourth-order valence-corrected chi connectivity index (χ4v) is 2.94. The van der Waals surface area contributed by atoms with Crippen molar-refractivity contribution in [1.29, 1.82) is 0 Å². The number of nitrogens with two attached hydrogens (primary N) is 1. The largest absolute Gasteiger partial charge is 0.327 e. The molecule has 1 aromatic heterocycles. The van der Waals surface area contributed by atoms with Crippen molar-refractivity contribution in [3.63, 3.8) is 0 Å². The molecule has 0 aromatic carbocycles. The van der Waals surface area contributed by atoms with Crippen LogP contribution in [0.5, 0.6) is 0 Å². The number of rotatable bonds is 6. The van der Waals surface area contributed by atoms with E-state index in [0.29, 0.717) is 0 Å². The van der Waals surface area contributed by atoms with Gasteiger partial charge in [0.1, 0.15) is 0 Å². The molecule has 4 heteroatoms. The summed E-state index contributed by atoms with van der Waals surface area (Å²) < 4.78 is 0. The minimum Gasteiger partial charge on any atom is -0.327 e. The highest BCUT2D eigenvalue weighted by Crippen LogP contribution is 2.13. The third-order valence-electron chi connectivity index (χ3n) is 1.92. The van der Waals surface area contributed by atoms with Gasteiger partial charge in [0.2, 0.25) is 0 Å². The van der Waals surface area contributed by atoms with E-state index in [1.807, 2.05) is 18.7 Å². The van der Waals surface area contributed by atoms with Gasteiger partial charge in [-0.3, -0.25) is 0 Å². The minimum atomic E-state index is 0.246. The summed E-state index contributed by atoms with van der Waals surface area (Å²) in [5, 5.41) is 3.24. The Morgan fingerprint density at radius 1 is 1.47 bits per heavy atom. The van der Waals surface area contributed by atoms with Crippen LogP contribution in [0.3, 0.4) is 0 Å². The van der Waals surface area contributed by atoms with Gasteiger partial charge in [0.05, 0.1) is 10.7 Å². The van der Waals surface area contributed by atoms with Crippen molar-refractivity contribution >= 4 is 23.1 Å². The van der Waals surface area contributed by atoms with Crippen LogP contribution >= 0.6 is 23.1 Å². The average Bonchev–Trinajstić information content (AvgIpc) is 2.50. The number of aromatic nitrogens is 1. The summed E-state index contributed by atoms with van der Waals surface area (Å²) in [5.41, 5.74) is 7.19. The Morgan fingerprint density at radius 3 is 2.73 bits per heavy atom. The summed E-state index contributed by atoms with van der Waals surface area (Å²) in [4.78, 5) is 4.42. The molecule has 2 nitrogen and oxygen atoms in total. The van der Waals surface area contributed by atoms with E-state index in [4.69, 9.17) is 5.73 Å². The Morgan fingerprint density at radius 2 is 2.20 bits per heavy atom. The molecule has 0 bridgehead atoms. The van der Waals surface area contributed by atoms with E-state index in [1.165, 1.54) is 5.75 Å². The zero-order valence-electron chi connectivity index (χ0n) is 9.69. The predicted octanol–water partition coefficient (Wildman–Crippen LogP) is 2.71. The zero-order valence-corrected chi connectivity index (χ0v) is 11.3. The molecule has 0 amide bonds. The van der Waals surface area contributed by atoms with Crippen molar-refractivity contribution in [2.45, 2.75) is 33.2 Å². The van der Waals surface area contributed by atoms with Gasteiger partial charge < -0.3 is 5.73 Å². The summed E-state index contributed by atoms with van der Waals surface area (Å²) in [5.74, 6) is 2.99. The number of hydrogen-bond acceptors (Lipinski definition) is 4. The van der Waals surface area contributed by atoms with Crippen molar-refractivity contribution < 1.29 is 0 Å². The summed E-state index contributed by atoms with van der Waals surface area (Å²) in [6.07, 6.45) is 0.912. The molecule has 1 rings (SSSR count). The first-order chi connectivity index (χ1) is 7.08. The molecule has 0 aliphatic rings. The molecule has 15 heavy (non-hydrogen) atoms. The molecular formula is C11H20N2S2. The van der Waals surface area contributed by atoms with Crippen LogP contribution in [-0.2, 0) is 6.42 Å². The maximum atomic E-state index is 6.04. The lowest BCUT2D eigenvalue weighted by Crippen LogP contribution is -2.26. The van der Waals surface area contributed by atoms with Gasteiger partial charge >= 0.3 is 0 Å². The number of aryl methyl sites for hydroxylation is 1. The highest BCUT2D eigenvalue weighted by molar-refractivity contribution is 7.99. The van der Waals surface area contributed by atoms with Gasteiger partial charge in [-0.1, -0.05) is 13.8 Å². The molecule has 0 saturated carbocycles. The van der Waals surface area contributed by atoms with Crippen LogP contribution in [0.15, 0.2) is 5.38 Å². The maximum Gasteiger partial charge on any atom is 0.0897 e. The standard InChI is InChI=1S/C11H20N2S2/c1-8(2)5-14-6-10(12)4-11-7-15-9(3)13-11/h7-8,10H,4-6,12H2,1-3H3. The number of thioether (sulfide) groups is 1. The summed E-state index contributed by atoms with van der Waals surface area (Å²) in [6, 6.07) is 0.246. The molecule has 0 spiro atoms. The lowest BCUT2D eigenvalue weighted by atomic mass is 10.2.